The number of allylic oxidation sites excluding steroid dienone is 1. The van der Waals surface area contributed by atoms with Crippen LogP contribution in [0.15, 0.2) is 23.9 Å². The molecule has 0 spiro atoms. The van der Waals surface area contributed by atoms with Gasteiger partial charge in [0.05, 0.1) is 0 Å². The van der Waals surface area contributed by atoms with E-state index in [4.69, 9.17) is 5.11 Å². The Kier molecular flexibility index (Phi) is 2.72. The minimum atomic E-state index is -0.739. The van der Waals surface area contributed by atoms with Gasteiger partial charge in [-0.1, -0.05) is 6.08 Å². The van der Waals surface area contributed by atoms with Crippen LogP contribution >= 0.6 is 0 Å². The molecule has 3 heteroatoms. The van der Waals surface area contributed by atoms with Crippen molar-refractivity contribution >= 4 is 5.97 Å². The van der Waals surface area contributed by atoms with Crippen LogP contribution in [0.4, 0.5) is 0 Å². The van der Waals surface area contributed by atoms with Gasteiger partial charge >= 0.3 is 5.97 Å². The third-order valence-electron chi connectivity index (χ3n) is 1.49. The van der Waals surface area contributed by atoms with Crippen molar-refractivity contribution in [1.29, 1.82) is 0 Å². The van der Waals surface area contributed by atoms with E-state index in [-0.39, 0.29) is 6.42 Å². The van der Waals surface area contributed by atoms with E-state index in [2.05, 4.69) is 5.32 Å². The first-order valence-electron chi connectivity index (χ1n) is 3.60. The third kappa shape index (κ3) is 2.89. The number of aliphatic carboxylic acids is 1. The van der Waals surface area contributed by atoms with Crippen molar-refractivity contribution in [2.24, 2.45) is 0 Å². The SMILES string of the molecule is O=C(O)CCC=C1C=CNC1. The molecule has 0 unspecified atom stereocenters. The number of carboxylic acid groups (broad SMARTS) is 1. The van der Waals surface area contributed by atoms with Crippen molar-refractivity contribution in [2.45, 2.75) is 12.8 Å². The number of hydrogen-bond acceptors (Lipinski definition) is 2. The quantitative estimate of drug-likeness (QED) is 0.633. The van der Waals surface area contributed by atoms with E-state index in [0.29, 0.717) is 6.42 Å². The highest BCUT2D eigenvalue weighted by Gasteiger charge is 1.98. The Balaban J connectivity index is 2.24. The van der Waals surface area contributed by atoms with E-state index in [1.165, 1.54) is 5.57 Å². The summed E-state index contributed by atoms with van der Waals surface area (Å²) in [6, 6.07) is 0. The lowest BCUT2D eigenvalue weighted by Crippen LogP contribution is -2.00. The predicted octanol–water partition coefficient (Wildman–Crippen LogP) is 0.894. The summed E-state index contributed by atoms with van der Waals surface area (Å²) in [5, 5.41) is 11.3. The minimum absolute atomic E-state index is 0.220. The summed E-state index contributed by atoms with van der Waals surface area (Å²) in [5.41, 5.74) is 1.17. The van der Waals surface area contributed by atoms with E-state index in [0.717, 1.165) is 6.54 Å². The Hall–Kier alpha value is -1.25. The summed E-state index contributed by atoms with van der Waals surface area (Å²) in [6.45, 7) is 0.833. The Morgan fingerprint density at radius 3 is 3.18 bits per heavy atom. The zero-order valence-corrected chi connectivity index (χ0v) is 6.21. The predicted molar refractivity (Wildman–Crippen MR) is 42.1 cm³/mol. The van der Waals surface area contributed by atoms with Crippen LogP contribution in [0.1, 0.15) is 12.8 Å². The maximum atomic E-state index is 10.1. The number of hydrogen-bond donors (Lipinski definition) is 2. The number of nitrogens with one attached hydrogen (secondary N) is 1. The molecule has 0 bridgehead atoms. The molecule has 0 aromatic carbocycles. The Bertz CT molecular complexity index is 206. The first kappa shape index (κ1) is 7.85. The van der Waals surface area contributed by atoms with Crippen molar-refractivity contribution in [1.82, 2.24) is 5.32 Å². The van der Waals surface area contributed by atoms with Gasteiger partial charge in [0.1, 0.15) is 0 Å². The normalized spacial score (nSPS) is 18.7. The van der Waals surface area contributed by atoms with Crippen molar-refractivity contribution in [2.75, 3.05) is 6.54 Å². The maximum absolute atomic E-state index is 10.1. The highest BCUT2D eigenvalue weighted by Crippen LogP contribution is 2.03. The largest absolute Gasteiger partial charge is 0.481 e. The smallest absolute Gasteiger partial charge is 0.303 e. The molecule has 60 valence electrons. The molecule has 1 heterocycles. The zero-order valence-electron chi connectivity index (χ0n) is 6.21. The molecule has 2 N–H and O–H groups in total. The second-order valence-electron chi connectivity index (χ2n) is 2.43. The molecule has 1 aliphatic heterocycles. The van der Waals surface area contributed by atoms with E-state index >= 15 is 0 Å². The molecule has 0 atom stereocenters. The average molecular weight is 153 g/mol. The lowest BCUT2D eigenvalue weighted by Gasteiger charge is -1.92. The molecule has 0 aromatic rings. The molecule has 0 saturated carbocycles. The van der Waals surface area contributed by atoms with Gasteiger partial charge in [0, 0.05) is 13.0 Å². The van der Waals surface area contributed by atoms with Gasteiger partial charge < -0.3 is 10.4 Å². The van der Waals surface area contributed by atoms with Gasteiger partial charge in [-0.25, -0.2) is 0 Å². The van der Waals surface area contributed by atoms with E-state index in [1.54, 1.807) is 0 Å². The van der Waals surface area contributed by atoms with Gasteiger partial charge in [-0.2, -0.15) is 0 Å². The monoisotopic (exact) mass is 153 g/mol. The zero-order chi connectivity index (χ0) is 8.10. The van der Waals surface area contributed by atoms with Gasteiger partial charge in [-0.15, -0.1) is 0 Å². The topological polar surface area (TPSA) is 49.3 Å². The maximum Gasteiger partial charge on any atom is 0.303 e. The summed E-state index contributed by atoms with van der Waals surface area (Å²) in [6.07, 6.45) is 6.62. The van der Waals surface area contributed by atoms with Crippen molar-refractivity contribution < 1.29 is 9.90 Å². The fourth-order valence-corrected chi connectivity index (χ4v) is 0.923. The number of carbonyl (C=O) groups is 1. The van der Waals surface area contributed by atoms with Gasteiger partial charge in [0.15, 0.2) is 0 Å². The molecular formula is C8H11NO2. The van der Waals surface area contributed by atoms with Crippen LogP contribution in [0.5, 0.6) is 0 Å². The Morgan fingerprint density at radius 2 is 2.64 bits per heavy atom. The Labute approximate surface area is 65.4 Å². The lowest BCUT2D eigenvalue weighted by molar-refractivity contribution is -0.136. The molecular weight excluding hydrogens is 142 g/mol. The molecule has 0 amide bonds. The molecule has 0 aromatic heterocycles. The first-order chi connectivity index (χ1) is 5.29. The standard InChI is InChI=1S/C8H11NO2/c10-8(11)3-1-2-7-4-5-9-6-7/h2,4-5,9H,1,3,6H2,(H,10,11). The molecule has 11 heavy (non-hydrogen) atoms. The van der Waals surface area contributed by atoms with Crippen LogP contribution in [0.2, 0.25) is 0 Å². The average Bonchev–Trinajstić information content (AvgIpc) is 2.39. The summed E-state index contributed by atoms with van der Waals surface area (Å²) < 4.78 is 0. The highest BCUT2D eigenvalue weighted by molar-refractivity contribution is 5.66. The van der Waals surface area contributed by atoms with Crippen molar-refractivity contribution in [3.8, 4) is 0 Å². The molecule has 1 aliphatic rings. The first-order valence-corrected chi connectivity index (χ1v) is 3.60. The molecule has 0 saturated heterocycles. The van der Waals surface area contributed by atoms with Gasteiger partial charge in [0.2, 0.25) is 0 Å². The second kappa shape index (κ2) is 3.81. The summed E-state index contributed by atoms with van der Waals surface area (Å²) in [5.74, 6) is -0.739. The second-order valence-corrected chi connectivity index (χ2v) is 2.43. The van der Waals surface area contributed by atoms with Crippen LogP contribution in [0.3, 0.4) is 0 Å². The number of rotatable bonds is 3. The molecule has 3 nitrogen and oxygen atoms in total. The van der Waals surface area contributed by atoms with Crippen LogP contribution in [-0.2, 0) is 4.79 Å². The van der Waals surface area contributed by atoms with Crippen LogP contribution in [0.25, 0.3) is 0 Å². The van der Waals surface area contributed by atoms with Crippen LogP contribution in [-0.4, -0.2) is 17.6 Å². The van der Waals surface area contributed by atoms with Gasteiger partial charge in [-0.3, -0.25) is 4.79 Å². The van der Waals surface area contributed by atoms with Crippen molar-refractivity contribution in [3.05, 3.63) is 23.9 Å². The highest BCUT2D eigenvalue weighted by atomic mass is 16.4. The van der Waals surface area contributed by atoms with Gasteiger partial charge in [-0.05, 0) is 24.3 Å². The summed E-state index contributed by atoms with van der Waals surface area (Å²) >= 11 is 0. The fraction of sp³-hybridized carbons (Fsp3) is 0.375. The van der Waals surface area contributed by atoms with E-state index in [1.807, 2.05) is 18.4 Å². The third-order valence-corrected chi connectivity index (χ3v) is 1.49. The van der Waals surface area contributed by atoms with Crippen LogP contribution < -0.4 is 5.32 Å². The van der Waals surface area contributed by atoms with E-state index in [9.17, 15) is 4.79 Å². The number of carboxylic acids is 1. The molecule has 1 rings (SSSR count). The van der Waals surface area contributed by atoms with Crippen molar-refractivity contribution in [3.63, 3.8) is 0 Å². The molecule has 0 radical (unpaired) electrons. The summed E-state index contributed by atoms with van der Waals surface area (Å²) in [7, 11) is 0. The van der Waals surface area contributed by atoms with Gasteiger partial charge in [0.25, 0.3) is 0 Å². The molecule has 0 aliphatic carbocycles. The Morgan fingerprint density at radius 1 is 1.82 bits per heavy atom. The fourth-order valence-electron chi connectivity index (χ4n) is 0.923. The van der Waals surface area contributed by atoms with Crippen LogP contribution in [0, 0.1) is 0 Å². The summed E-state index contributed by atoms with van der Waals surface area (Å²) in [4.78, 5) is 10.1. The lowest BCUT2D eigenvalue weighted by atomic mass is 10.2. The van der Waals surface area contributed by atoms with E-state index < -0.39 is 5.97 Å². The minimum Gasteiger partial charge on any atom is -0.481 e. The molecule has 0 fully saturated rings.